The van der Waals surface area contributed by atoms with Gasteiger partial charge in [0.05, 0.1) is 28.8 Å². The molecule has 1 aromatic carbocycles. The summed E-state index contributed by atoms with van der Waals surface area (Å²) in [5.41, 5.74) is 2.22. The number of amides is 1. The van der Waals surface area contributed by atoms with E-state index in [-0.39, 0.29) is 23.3 Å². The summed E-state index contributed by atoms with van der Waals surface area (Å²) in [6, 6.07) is 7.33. The quantitative estimate of drug-likeness (QED) is 0.824. The average molecular weight is 300 g/mol. The van der Waals surface area contributed by atoms with Crippen LogP contribution in [0.2, 0.25) is 0 Å². The molecule has 3 unspecified atom stereocenters. The Morgan fingerprint density at radius 2 is 2.00 bits per heavy atom. The lowest BCUT2D eigenvalue weighted by Crippen LogP contribution is -2.45. The Kier molecular flexibility index (Phi) is 3.06. The van der Waals surface area contributed by atoms with Gasteiger partial charge in [-0.2, -0.15) is 0 Å². The first-order valence-electron chi connectivity index (χ1n) is 6.19. The Balaban J connectivity index is 1.68. The third-order valence-corrected chi connectivity index (χ3v) is 6.16. The Bertz CT molecular complexity index is 629. The Morgan fingerprint density at radius 1 is 1.26 bits per heavy atom. The summed E-state index contributed by atoms with van der Waals surface area (Å²) < 4.78 is 22.9. The molecule has 2 aliphatic rings. The molecule has 1 fully saturated rings. The third kappa shape index (κ3) is 2.37. The molecule has 1 aromatic rings. The van der Waals surface area contributed by atoms with Crippen molar-refractivity contribution in [3.8, 4) is 0 Å². The van der Waals surface area contributed by atoms with Gasteiger partial charge in [-0.05, 0) is 17.5 Å². The number of alkyl halides is 1. The van der Waals surface area contributed by atoms with Crippen LogP contribution < -0.4 is 5.32 Å². The Labute approximate surface area is 117 Å². The van der Waals surface area contributed by atoms with Crippen molar-refractivity contribution in [1.82, 2.24) is 5.32 Å². The van der Waals surface area contributed by atoms with Crippen molar-refractivity contribution >= 4 is 27.3 Å². The van der Waals surface area contributed by atoms with Crippen LogP contribution in [-0.4, -0.2) is 37.2 Å². The smallest absolute Gasteiger partial charge is 0.228 e. The van der Waals surface area contributed by atoms with Crippen molar-refractivity contribution in [3.63, 3.8) is 0 Å². The standard InChI is InChI=1S/C13H14ClNO3S/c14-11-6-19(17,18)7-12(11)15-13(16)10-5-8-3-1-2-4-9(8)10/h1-4,10-12H,5-7H2,(H,15,16). The summed E-state index contributed by atoms with van der Waals surface area (Å²) in [4.78, 5) is 12.1. The maximum atomic E-state index is 12.1. The molecule has 1 amide bonds. The minimum absolute atomic E-state index is 0.0543. The average Bonchev–Trinajstić information content (AvgIpc) is 2.53. The van der Waals surface area contributed by atoms with E-state index in [9.17, 15) is 13.2 Å². The van der Waals surface area contributed by atoms with Crippen molar-refractivity contribution in [1.29, 1.82) is 0 Å². The minimum atomic E-state index is -3.11. The number of halogens is 1. The van der Waals surface area contributed by atoms with E-state index in [0.29, 0.717) is 6.42 Å². The maximum absolute atomic E-state index is 12.1. The summed E-state index contributed by atoms with van der Waals surface area (Å²) in [6.07, 6.45) is 0.717. The minimum Gasteiger partial charge on any atom is -0.350 e. The van der Waals surface area contributed by atoms with Gasteiger partial charge in [-0.3, -0.25) is 4.79 Å². The van der Waals surface area contributed by atoms with Gasteiger partial charge < -0.3 is 5.32 Å². The predicted molar refractivity (Wildman–Crippen MR) is 73.1 cm³/mol. The van der Waals surface area contributed by atoms with Gasteiger partial charge in [0, 0.05) is 0 Å². The van der Waals surface area contributed by atoms with Crippen LogP contribution in [0.5, 0.6) is 0 Å². The van der Waals surface area contributed by atoms with Crippen LogP contribution in [0.3, 0.4) is 0 Å². The molecule has 1 aliphatic carbocycles. The monoisotopic (exact) mass is 299 g/mol. The van der Waals surface area contributed by atoms with Crippen molar-refractivity contribution in [2.24, 2.45) is 0 Å². The topological polar surface area (TPSA) is 63.2 Å². The number of rotatable bonds is 2. The number of hydrogen-bond donors (Lipinski definition) is 1. The highest BCUT2D eigenvalue weighted by molar-refractivity contribution is 7.91. The van der Waals surface area contributed by atoms with E-state index >= 15 is 0 Å². The lowest BCUT2D eigenvalue weighted by Gasteiger charge is -2.30. The number of benzene rings is 1. The van der Waals surface area contributed by atoms with Gasteiger partial charge in [-0.25, -0.2) is 8.42 Å². The van der Waals surface area contributed by atoms with Crippen molar-refractivity contribution in [2.75, 3.05) is 11.5 Å². The molecule has 0 saturated carbocycles. The fourth-order valence-electron chi connectivity index (χ4n) is 2.71. The van der Waals surface area contributed by atoms with E-state index in [2.05, 4.69) is 5.32 Å². The lowest BCUT2D eigenvalue weighted by atomic mass is 9.77. The number of fused-ring (bicyclic) bond motifs is 1. The van der Waals surface area contributed by atoms with Crippen LogP contribution in [-0.2, 0) is 21.1 Å². The molecule has 3 rings (SSSR count). The first kappa shape index (κ1) is 12.9. The molecule has 1 aliphatic heterocycles. The number of hydrogen-bond acceptors (Lipinski definition) is 3. The summed E-state index contributed by atoms with van der Waals surface area (Å²) in [7, 11) is -3.11. The molecule has 1 N–H and O–H groups in total. The largest absolute Gasteiger partial charge is 0.350 e. The summed E-state index contributed by atoms with van der Waals surface area (Å²) in [6.45, 7) is 0. The van der Waals surface area contributed by atoms with Crippen molar-refractivity contribution < 1.29 is 13.2 Å². The molecule has 0 aromatic heterocycles. The molecule has 6 heteroatoms. The fourth-order valence-corrected chi connectivity index (χ4v) is 5.26. The van der Waals surface area contributed by atoms with Crippen LogP contribution in [0.1, 0.15) is 17.0 Å². The van der Waals surface area contributed by atoms with Gasteiger partial charge in [0.2, 0.25) is 5.91 Å². The van der Waals surface area contributed by atoms with Gasteiger partial charge in [0.1, 0.15) is 0 Å². The van der Waals surface area contributed by atoms with Gasteiger partial charge >= 0.3 is 0 Å². The summed E-state index contributed by atoms with van der Waals surface area (Å²) >= 11 is 5.98. The van der Waals surface area contributed by atoms with E-state index < -0.39 is 21.3 Å². The van der Waals surface area contributed by atoms with Gasteiger partial charge in [-0.1, -0.05) is 24.3 Å². The molecule has 0 spiro atoms. The second-order valence-corrected chi connectivity index (χ2v) is 7.88. The SMILES string of the molecule is O=C(NC1CS(=O)(=O)CC1Cl)C1Cc2ccccc21. The molecule has 1 heterocycles. The predicted octanol–water partition coefficient (Wildman–Crippen LogP) is 0.847. The summed E-state index contributed by atoms with van der Waals surface area (Å²) in [5.74, 6) is -0.392. The zero-order valence-corrected chi connectivity index (χ0v) is 11.7. The highest BCUT2D eigenvalue weighted by Gasteiger charge is 2.40. The number of nitrogens with one attached hydrogen (secondary N) is 1. The second kappa shape index (κ2) is 4.49. The van der Waals surface area contributed by atoms with E-state index in [4.69, 9.17) is 11.6 Å². The van der Waals surface area contributed by atoms with Gasteiger partial charge in [0.25, 0.3) is 0 Å². The zero-order chi connectivity index (χ0) is 13.6. The van der Waals surface area contributed by atoms with E-state index in [1.54, 1.807) is 0 Å². The molecule has 102 valence electrons. The molecule has 1 saturated heterocycles. The molecule has 19 heavy (non-hydrogen) atoms. The lowest BCUT2D eigenvalue weighted by molar-refractivity contribution is -0.123. The maximum Gasteiger partial charge on any atom is 0.228 e. The number of sulfone groups is 1. The fraction of sp³-hybridized carbons (Fsp3) is 0.462. The van der Waals surface area contributed by atoms with E-state index in [0.717, 1.165) is 5.56 Å². The van der Waals surface area contributed by atoms with Crippen LogP contribution in [0.15, 0.2) is 24.3 Å². The molecule has 3 atom stereocenters. The molecule has 0 radical (unpaired) electrons. The van der Waals surface area contributed by atoms with Crippen molar-refractivity contribution in [3.05, 3.63) is 35.4 Å². The number of carbonyl (C=O) groups is 1. The Hall–Kier alpha value is -1.07. The summed E-state index contributed by atoms with van der Waals surface area (Å²) in [5, 5.41) is 2.25. The van der Waals surface area contributed by atoms with Crippen LogP contribution in [0.25, 0.3) is 0 Å². The highest BCUT2D eigenvalue weighted by Crippen LogP contribution is 2.35. The second-order valence-electron chi connectivity index (χ2n) is 5.16. The van der Waals surface area contributed by atoms with Crippen LogP contribution >= 0.6 is 11.6 Å². The van der Waals surface area contributed by atoms with E-state index in [1.165, 1.54) is 5.56 Å². The molecule has 0 bridgehead atoms. The first-order valence-corrected chi connectivity index (χ1v) is 8.45. The van der Waals surface area contributed by atoms with Gasteiger partial charge in [-0.15, -0.1) is 11.6 Å². The van der Waals surface area contributed by atoms with Crippen molar-refractivity contribution in [2.45, 2.75) is 23.8 Å². The van der Waals surface area contributed by atoms with E-state index in [1.807, 2.05) is 24.3 Å². The third-order valence-electron chi connectivity index (χ3n) is 3.78. The van der Waals surface area contributed by atoms with Crippen LogP contribution in [0.4, 0.5) is 0 Å². The normalized spacial score (nSPS) is 31.3. The highest BCUT2D eigenvalue weighted by atomic mass is 35.5. The first-order chi connectivity index (χ1) is 8.96. The van der Waals surface area contributed by atoms with Gasteiger partial charge in [0.15, 0.2) is 9.84 Å². The molecule has 4 nitrogen and oxygen atoms in total. The Morgan fingerprint density at radius 3 is 2.63 bits per heavy atom. The molecular formula is C13H14ClNO3S. The number of carbonyl (C=O) groups excluding carboxylic acids is 1. The zero-order valence-electron chi connectivity index (χ0n) is 10.2. The van der Waals surface area contributed by atoms with Crippen LogP contribution in [0, 0.1) is 0 Å². The molecular weight excluding hydrogens is 286 g/mol.